The van der Waals surface area contributed by atoms with Crippen molar-refractivity contribution in [3.63, 3.8) is 0 Å². The number of carbonyl (C=O) groups excluding carboxylic acids is 1. The van der Waals surface area contributed by atoms with E-state index in [1.54, 1.807) is 0 Å². The summed E-state index contributed by atoms with van der Waals surface area (Å²) in [7, 11) is 0. The molecule has 5 heteroatoms. The first-order valence-electron chi connectivity index (χ1n) is 7.23. The number of hydrogen-bond acceptors (Lipinski definition) is 4. The molecule has 1 amide bonds. The number of carbonyl (C=O) groups is 1. The molecule has 0 unspecified atom stereocenters. The van der Waals surface area contributed by atoms with Crippen molar-refractivity contribution >= 4 is 5.91 Å². The summed E-state index contributed by atoms with van der Waals surface area (Å²) in [4.78, 5) is 18.9. The lowest BCUT2D eigenvalue weighted by atomic mass is 10.3. The summed E-state index contributed by atoms with van der Waals surface area (Å²) < 4.78 is 0. The highest BCUT2D eigenvalue weighted by atomic mass is 16.2. The van der Waals surface area contributed by atoms with Crippen molar-refractivity contribution in [1.82, 2.24) is 20.0 Å². The van der Waals surface area contributed by atoms with Gasteiger partial charge in [0.1, 0.15) is 0 Å². The van der Waals surface area contributed by atoms with Crippen LogP contribution in [0.1, 0.15) is 13.3 Å². The van der Waals surface area contributed by atoms with E-state index in [9.17, 15) is 4.79 Å². The highest BCUT2D eigenvalue weighted by Gasteiger charge is 2.22. The molecule has 18 heavy (non-hydrogen) atoms. The number of piperazine rings is 1. The van der Waals surface area contributed by atoms with E-state index < -0.39 is 0 Å². The molecule has 0 aromatic carbocycles. The molecule has 2 aliphatic rings. The second-order valence-corrected chi connectivity index (χ2v) is 5.19. The Balaban J connectivity index is 1.74. The molecule has 2 heterocycles. The van der Waals surface area contributed by atoms with Crippen LogP contribution in [0.15, 0.2) is 0 Å². The third-order valence-electron chi connectivity index (χ3n) is 3.96. The molecule has 0 saturated carbocycles. The second kappa shape index (κ2) is 7.07. The fourth-order valence-electron chi connectivity index (χ4n) is 2.66. The normalized spacial score (nSPS) is 23.9. The van der Waals surface area contributed by atoms with E-state index in [4.69, 9.17) is 0 Å². The Morgan fingerprint density at radius 2 is 1.78 bits per heavy atom. The Labute approximate surface area is 110 Å². The zero-order valence-corrected chi connectivity index (χ0v) is 11.5. The first-order valence-corrected chi connectivity index (χ1v) is 7.23. The molecule has 0 aromatic rings. The van der Waals surface area contributed by atoms with Crippen LogP contribution < -0.4 is 5.32 Å². The van der Waals surface area contributed by atoms with Gasteiger partial charge in [-0.25, -0.2) is 0 Å². The molecule has 2 aliphatic heterocycles. The molecule has 0 aromatic heterocycles. The highest BCUT2D eigenvalue weighted by molar-refractivity contribution is 5.78. The predicted molar refractivity (Wildman–Crippen MR) is 72.6 cm³/mol. The molecule has 0 aliphatic carbocycles. The van der Waals surface area contributed by atoms with Crippen LogP contribution in [0.3, 0.4) is 0 Å². The summed E-state index contributed by atoms with van der Waals surface area (Å²) in [5.41, 5.74) is 0. The Hall–Kier alpha value is -0.650. The maximum Gasteiger partial charge on any atom is 0.236 e. The van der Waals surface area contributed by atoms with Crippen molar-refractivity contribution < 1.29 is 4.79 Å². The minimum Gasteiger partial charge on any atom is -0.339 e. The molecule has 2 rings (SSSR count). The molecule has 0 radical (unpaired) electrons. The first kappa shape index (κ1) is 13.8. The lowest BCUT2D eigenvalue weighted by molar-refractivity contribution is -0.134. The average molecular weight is 254 g/mol. The van der Waals surface area contributed by atoms with E-state index in [0.29, 0.717) is 12.5 Å². The predicted octanol–water partition coefficient (Wildman–Crippen LogP) is -0.554. The zero-order valence-electron chi connectivity index (χ0n) is 11.5. The number of nitrogens with one attached hydrogen (secondary N) is 1. The quantitative estimate of drug-likeness (QED) is 0.733. The van der Waals surface area contributed by atoms with Crippen LogP contribution in [0.2, 0.25) is 0 Å². The van der Waals surface area contributed by atoms with Crippen LogP contribution in [0, 0.1) is 0 Å². The van der Waals surface area contributed by atoms with Gasteiger partial charge in [0.05, 0.1) is 6.54 Å². The zero-order chi connectivity index (χ0) is 12.8. The summed E-state index contributed by atoms with van der Waals surface area (Å²) >= 11 is 0. The fourth-order valence-corrected chi connectivity index (χ4v) is 2.66. The lowest BCUT2D eigenvalue weighted by Gasteiger charge is -2.35. The molecule has 0 atom stereocenters. The van der Waals surface area contributed by atoms with Crippen molar-refractivity contribution in [2.24, 2.45) is 0 Å². The van der Waals surface area contributed by atoms with Gasteiger partial charge in [-0.3, -0.25) is 9.69 Å². The molecule has 104 valence electrons. The van der Waals surface area contributed by atoms with Crippen molar-refractivity contribution in [3.8, 4) is 0 Å². The number of amides is 1. The van der Waals surface area contributed by atoms with E-state index in [1.165, 1.54) is 0 Å². The van der Waals surface area contributed by atoms with E-state index >= 15 is 0 Å². The van der Waals surface area contributed by atoms with Crippen molar-refractivity contribution in [1.29, 1.82) is 0 Å². The Kier molecular flexibility index (Phi) is 5.41. The van der Waals surface area contributed by atoms with Crippen LogP contribution in [0.5, 0.6) is 0 Å². The molecule has 1 N–H and O–H groups in total. The summed E-state index contributed by atoms with van der Waals surface area (Å²) in [6.45, 7) is 11.9. The lowest BCUT2D eigenvalue weighted by Crippen LogP contribution is -2.51. The monoisotopic (exact) mass is 254 g/mol. The number of rotatable bonds is 3. The standard InChI is InChI=1S/C13H26N4O/c1-2-15-8-10-17(11-9-15)13(18)12-16-6-3-4-14-5-7-16/h14H,2-12H2,1H3. The topological polar surface area (TPSA) is 38.8 Å². The van der Waals surface area contributed by atoms with Crippen LogP contribution in [-0.2, 0) is 4.79 Å². The van der Waals surface area contributed by atoms with Gasteiger partial charge in [0, 0.05) is 39.3 Å². The van der Waals surface area contributed by atoms with Gasteiger partial charge in [0.15, 0.2) is 0 Å². The smallest absolute Gasteiger partial charge is 0.236 e. The minimum atomic E-state index is 0.313. The molecular formula is C13H26N4O. The Morgan fingerprint density at radius 3 is 2.50 bits per heavy atom. The van der Waals surface area contributed by atoms with Crippen molar-refractivity contribution in [3.05, 3.63) is 0 Å². The number of likely N-dealkylation sites (N-methyl/N-ethyl adjacent to an activating group) is 1. The van der Waals surface area contributed by atoms with E-state index in [-0.39, 0.29) is 0 Å². The Bertz CT molecular complexity index is 256. The van der Waals surface area contributed by atoms with E-state index in [1.807, 2.05) is 4.90 Å². The van der Waals surface area contributed by atoms with Gasteiger partial charge in [-0.2, -0.15) is 0 Å². The largest absolute Gasteiger partial charge is 0.339 e. The van der Waals surface area contributed by atoms with Crippen molar-refractivity contribution in [2.75, 3.05) is 65.4 Å². The summed E-state index contributed by atoms with van der Waals surface area (Å²) in [6.07, 6.45) is 1.15. The molecule has 2 fully saturated rings. The fraction of sp³-hybridized carbons (Fsp3) is 0.923. The van der Waals surface area contributed by atoms with Crippen LogP contribution in [-0.4, -0.2) is 86.1 Å². The minimum absolute atomic E-state index is 0.313. The van der Waals surface area contributed by atoms with Gasteiger partial charge in [-0.15, -0.1) is 0 Å². The third-order valence-corrected chi connectivity index (χ3v) is 3.96. The van der Waals surface area contributed by atoms with Gasteiger partial charge in [-0.1, -0.05) is 6.92 Å². The van der Waals surface area contributed by atoms with Crippen LogP contribution in [0.25, 0.3) is 0 Å². The molecule has 2 saturated heterocycles. The maximum atomic E-state index is 12.2. The summed E-state index contributed by atoms with van der Waals surface area (Å²) in [5.74, 6) is 0.313. The molecule has 0 bridgehead atoms. The van der Waals surface area contributed by atoms with E-state index in [2.05, 4.69) is 22.0 Å². The SMILES string of the molecule is CCN1CCN(C(=O)CN2CCCNCC2)CC1. The molecular weight excluding hydrogens is 228 g/mol. The number of nitrogens with zero attached hydrogens (tertiary/aromatic N) is 3. The second-order valence-electron chi connectivity index (χ2n) is 5.19. The summed E-state index contributed by atoms with van der Waals surface area (Å²) in [5, 5.41) is 3.37. The van der Waals surface area contributed by atoms with Gasteiger partial charge in [-0.05, 0) is 26.1 Å². The molecule has 5 nitrogen and oxygen atoms in total. The first-order chi connectivity index (χ1) is 8.79. The Morgan fingerprint density at radius 1 is 1.00 bits per heavy atom. The number of hydrogen-bond donors (Lipinski definition) is 1. The van der Waals surface area contributed by atoms with Gasteiger partial charge in [0.25, 0.3) is 0 Å². The van der Waals surface area contributed by atoms with Crippen LogP contribution in [0.4, 0.5) is 0 Å². The van der Waals surface area contributed by atoms with E-state index in [0.717, 1.165) is 65.3 Å². The average Bonchev–Trinajstić information content (AvgIpc) is 2.67. The third kappa shape index (κ3) is 3.93. The van der Waals surface area contributed by atoms with Crippen LogP contribution >= 0.6 is 0 Å². The molecule has 0 spiro atoms. The van der Waals surface area contributed by atoms with Gasteiger partial charge in [0.2, 0.25) is 5.91 Å². The van der Waals surface area contributed by atoms with Gasteiger partial charge >= 0.3 is 0 Å². The van der Waals surface area contributed by atoms with Crippen molar-refractivity contribution in [2.45, 2.75) is 13.3 Å². The van der Waals surface area contributed by atoms with Gasteiger partial charge < -0.3 is 15.1 Å². The summed E-state index contributed by atoms with van der Waals surface area (Å²) in [6, 6.07) is 0. The maximum absolute atomic E-state index is 12.2. The highest BCUT2D eigenvalue weighted by Crippen LogP contribution is 2.03.